The van der Waals surface area contributed by atoms with Crippen LogP contribution in [0.15, 0.2) is 67.3 Å². The van der Waals surface area contributed by atoms with E-state index in [1.54, 1.807) is 31.7 Å². The number of hydrogen-bond acceptors (Lipinski definition) is 4. The second-order valence-corrected chi connectivity index (χ2v) is 6.18. The number of carbonyl (C=O) groups excluding carboxylic acids is 1. The topological polar surface area (TPSA) is 72.7 Å². The molecule has 2 aromatic heterocycles. The number of nitrogens with zero attached hydrogens (tertiary/aromatic N) is 4. The van der Waals surface area contributed by atoms with Crippen molar-refractivity contribution in [2.75, 3.05) is 5.32 Å². The SMILES string of the molecule is CC#CC(=O)Nc1ccc2ncn(-c3cncc(Cc4ccccc4)n3)c2c1. The van der Waals surface area contributed by atoms with Gasteiger partial charge in [0.2, 0.25) is 0 Å². The number of nitrogens with one attached hydrogen (secondary N) is 1. The summed E-state index contributed by atoms with van der Waals surface area (Å²) in [5, 5.41) is 2.76. The molecule has 0 aliphatic carbocycles. The summed E-state index contributed by atoms with van der Waals surface area (Å²) >= 11 is 0. The zero-order valence-corrected chi connectivity index (χ0v) is 15.3. The molecule has 2 heterocycles. The van der Waals surface area contributed by atoms with E-state index < -0.39 is 0 Å². The average molecular weight is 367 g/mol. The molecule has 0 bridgehead atoms. The number of anilines is 1. The summed E-state index contributed by atoms with van der Waals surface area (Å²) in [5.41, 5.74) is 4.32. The Kier molecular flexibility index (Phi) is 4.81. The molecule has 4 rings (SSSR count). The van der Waals surface area contributed by atoms with Gasteiger partial charge in [-0.25, -0.2) is 9.97 Å². The van der Waals surface area contributed by atoms with E-state index in [4.69, 9.17) is 4.98 Å². The van der Waals surface area contributed by atoms with Crippen LogP contribution in [0.1, 0.15) is 18.2 Å². The van der Waals surface area contributed by atoms with Gasteiger partial charge in [0.05, 0.1) is 22.9 Å². The summed E-state index contributed by atoms with van der Waals surface area (Å²) in [6, 6.07) is 15.6. The Labute approximate surface area is 162 Å². The third kappa shape index (κ3) is 3.74. The van der Waals surface area contributed by atoms with Gasteiger partial charge in [-0.2, -0.15) is 0 Å². The molecule has 0 spiro atoms. The number of imidazole rings is 1. The number of amides is 1. The van der Waals surface area contributed by atoms with E-state index in [1.165, 1.54) is 5.56 Å². The van der Waals surface area contributed by atoms with E-state index in [0.717, 1.165) is 16.7 Å². The maximum atomic E-state index is 11.7. The van der Waals surface area contributed by atoms with Crippen molar-refractivity contribution in [2.24, 2.45) is 0 Å². The van der Waals surface area contributed by atoms with Crippen molar-refractivity contribution in [1.82, 2.24) is 19.5 Å². The van der Waals surface area contributed by atoms with Gasteiger partial charge in [0.1, 0.15) is 6.33 Å². The molecular formula is C22H17N5O. The molecule has 0 aliphatic rings. The third-order valence-corrected chi connectivity index (χ3v) is 4.19. The summed E-state index contributed by atoms with van der Waals surface area (Å²) in [4.78, 5) is 25.2. The molecule has 0 saturated heterocycles. The summed E-state index contributed by atoms with van der Waals surface area (Å²) < 4.78 is 1.86. The van der Waals surface area contributed by atoms with Gasteiger partial charge < -0.3 is 5.32 Å². The minimum absolute atomic E-state index is 0.349. The smallest absolute Gasteiger partial charge is 0.300 e. The van der Waals surface area contributed by atoms with Crippen LogP contribution in [0.25, 0.3) is 16.9 Å². The Morgan fingerprint density at radius 1 is 1.14 bits per heavy atom. The van der Waals surface area contributed by atoms with Crippen LogP contribution in [0.3, 0.4) is 0 Å². The van der Waals surface area contributed by atoms with Gasteiger partial charge in [0.25, 0.3) is 5.91 Å². The normalized spacial score (nSPS) is 10.3. The Morgan fingerprint density at radius 3 is 2.82 bits per heavy atom. The monoisotopic (exact) mass is 367 g/mol. The maximum absolute atomic E-state index is 11.7. The van der Waals surface area contributed by atoms with Crippen molar-refractivity contribution in [1.29, 1.82) is 0 Å². The summed E-state index contributed by atoms with van der Waals surface area (Å²) in [6.07, 6.45) is 5.87. The van der Waals surface area contributed by atoms with Crippen molar-refractivity contribution in [2.45, 2.75) is 13.3 Å². The fourth-order valence-electron chi connectivity index (χ4n) is 2.94. The van der Waals surface area contributed by atoms with E-state index in [0.29, 0.717) is 17.9 Å². The van der Waals surface area contributed by atoms with Gasteiger partial charge in [-0.15, -0.1) is 0 Å². The summed E-state index contributed by atoms with van der Waals surface area (Å²) in [7, 11) is 0. The van der Waals surface area contributed by atoms with Crippen molar-refractivity contribution in [3.05, 3.63) is 78.5 Å². The first-order valence-electron chi connectivity index (χ1n) is 8.79. The van der Waals surface area contributed by atoms with E-state index >= 15 is 0 Å². The standard InChI is InChI=1S/C22H17N5O/c1-2-6-22(28)26-17-9-10-19-20(12-17)27(15-24-19)21-14-23-13-18(25-21)11-16-7-4-3-5-8-16/h3-5,7-10,12-15H,11H2,1H3,(H,26,28). The van der Waals surface area contributed by atoms with Gasteiger partial charge in [0.15, 0.2) is 5.82 Å². The predicted octanol–water partition coefficient (Wildman–Crippen LogP) is 3.37. The minimum Gasteiger partial charge on any atom is -0.315 e. The average Bonchev–Trinajstić information content (AvgIpc) is 3.12. The lowest BCUT2D eigenvalue weighted by Crippen LogP contribution is -2.08. The number of fused-ring (bicyclic) bond motifs is 1. The van der Waals surface area contributed by atoms with Crippen LogP contribution in [0, 0.1) is 11.8 Å². The molecule has 4 aromatic rings. The van der Waals surface area contributed by atoms with Crippen LogP contribution in [-0.4, -0.2) is 25.4 Å². The molecule has 0 unspecified atom stereocenters. The predicted molar refractivity (Wildman–Crippen MR) is 108 cm³/mol. The van der Waals surface area contributed by atoms with Crippen LogP contribution < -0.4 is 5.32 Å². The first-order valence-corrected chi connectivity index (χ1v) is 8.79. The molecule has 136 valence electrons. The molecule has 0 saturated carbocycles. The van der Waals surface area contributed by atoms with Crippen molar-refractivity contribution in [3.8, 4) is 17.7 Å². The van der Waals surface area contributed by atoms with Gasteiger partial charge in [-0.3, -0.25) is 14.3 Å². The second kappa shape index (κ2) is 7.72. The van der Waals surface area contributed by atoms with Crippen LogP contribution in [-0.2, 0) is 11.2 Å². The molecule has 6 heteroatoms. The molecule has 6 nitrogen and oxygen atoms in total. The van der Waals surface area contributed by atoms with Crippen molar-refractivity contribution < 1.29 is 4.79 Å². The Morgan fingerprint density at radius 2 is 2.00 bits per heavy atom. The number of aromatic nitrogens is 4. The van der Waals surface area contributed by atoms with Gasteiger partial charge in [-0.05, 0) is 36.6 Å². The van der Waals surface area contributed by atoms with Crippen LogP contribution >= 0.6 is 0 Å². The molecule has 0 fully saturated rings. The van der Waals surface area contributed by atoms with E-state index in [2.05, 4.69) is 39.3 Å². The molecule has 0 radical (unpaired) electrons. The van der Waals surface area contributed by atoms with E-state index in [1.807, 2.05) is 34.9 Å². The number of benzene rings is 2. The lowest BCUT2D eigenvalue weighted by atomic mass is 10.1. The van der Waals surface area contributed by atoms with Crippen LogP contribution in [0.2, 0.25) is 0 Å². The molecule has 0 atom stereocenters. The lowest BCUT2D eigenvalue weighted by Gasteiger charge is -2.07. The molecule has 2 aromatic carbocycles. The van der Waals surface area contributed by atoms with Gasteiger partial charge in [0, 0.05) is 18.3 Å². The highest BCUT2D eigenvalue weighted by molar-refractivity contribution is 6.04. The second-order valence-electron chi connectivity index (χ2n) is 6.18. The zero-order valence-electron chi connectivity index (χ0n) is 15.3. The fraction of sp³-hybridized carbons (Fsp3) is 0.0909. The molecule has 1 amide bonds. The van der Waals surface area contributed by atoms with Crippen LogP contribution in [0.5, 0.6) is 0 Å². The highest BCUT2D eigenvalue weighted by Gasteiger charge is 2.09. The Bertz CT molecular complexity index is 1200. The lowest BCUT2D eigenvalue weighted by molar-refractivity contribution is -0.111. The van der Waals surface area contributed by atoms with E-state index in [9.17, 15) is 4.79 Å². The molecule has 1 N–H and O–H groups in total. The van der Waals surface area contributed by atoms with Gasteiger partial charge >= 0.3 is 0 Å². The first-order chi connectivity index (χ1) is 13.7. The quantitative estimate of drug-likeness (QED) is 0.561. The Balaban J connectivity index is 1.67. The largest absolute Gasteiger partial charge is 0.315 e. The van der Waals surface area contributed by atoms with Crippen LogP contribution in [0.4, 0.5) is 5.69 Å². The molecular weight excluding hydrogens is 350 g/mol. The summed E-state index contributed by atoms with van der Waals surface area (Å²) in [6.45, 7) is 1.62. The zero-order chi connectivity index (χ0) is 19.3. The highest BCUT2D eigenvalue weighted by atomic mass is 16.1. The van der Waals surface area contributed by atoms with E-state index in [-0.39, 0.29) is 5.91 Å². The highest BCUT2D eigenvalue weighted by Crippen LogP contribution is 2.21. The molecule has 28 heavy (non-hydrogen) atoms. The number of hydrogen-bond donors (Lipinski definition) is 1. The Hall–Kier alpha value is -3.98. The molecule has 0 aliphatic heterocycles. The fourth-order valence-corrected chi connectivity index (χ4v) is 2.94. The van der Waals surface area contributed by atoms with Crippen molar-refractivity contribution in [3.63, 3.8) is 0 Å². The third-order valence-electron chi connectivity index (χ3n) is 4.19. The first kappa shape index (κ1) is 17.4. The minimum atomic E-state index is -0.349. The number of carbonyl (C=O) groups is 1. The van der Waals surface area contributed by atoms with Crippen molar-refractivity contribution >= 4 is 22.6 Å². The summed E-state index contributed by atoms with van der Waals surface area (Å²) in [5.74, 6) is 5.38. The van der Waals surface area contributed by atoms with Gasteiger partial charge in [-0.1, -0.05) is 36.3 Å². The number of rotatable bonds is 4. The maximum Gasteiger partial charge on any atom is 0.300 e.